The first kappa shape index (κ1) is 61.3. The van der Waals surface area contributed by atoms with Crippen LogP contribution in [0.25, 0.3) is 0 Å². The normalized spacial score (nSPS) is 13.8. The molecule has 6 heteroatoms. The van der Waals surface area contributed by atoms with E-state index in [0.717, 1.165) is 64.2 Å². The number of allylic oxidation sites excluding steroid dienone is 12. The minimum Gasteiger partial charge on any atom is -0.462 e. The molecular weight excluding hydrogens is 791 g/mol. The van der Waals surface area contributed by atoms with Gasteiger partial charge in [0.15, 0.2) is 0 Å². The van der Waals surface area contributed by atoms with Crippen molar-refractivity contribution in [2.75, 3.05) is 6.61 Å². The standard InChI is InChI=1S/C58H103NO5/c1-4-7-10-13-16-19-22-25-27-29-32-34-37-40-43-46-49-54(64-58(63)51-48-45-42-39-36-31-24-21-18-15-12-9-6-3)52-57(62)59-55(53-60)56(61)50-47-44-41-38-35-33-30-28-26-23-20-17-14-11-8-5-2/h9,12,15,18,21,24,31-32,34,36,39,42,54-56,60-61H,4-8,10-11,13-14,16-17,19-20,22-23,25-30,33,35,37-38,40-41,43-53H2,1-3H3,(H,59,62)/b12-9+,18-15+,24-21-,34-32+,36-31-,42-39+. The molecule has 0 heterocycles. The fourth-order valence-corrected chi connectivity index (χ4v) is 8.04. The van der Waals surface area contributed by atoms with E-state index in [0.29, 0.717) is 25.7 Å². The van der Waals surface area contributed by atoms with Gasteiger partial charge >= 0.3 is 5.97 Å². The van der Waals surface area contributed by atoms with E-state index in [-0.39, 0.29) is 24.9 Å². The number of ether oxygens (including phenoxy) is 1. The number of carbonyl (C=O) groups excluding carboxylic acids is 2. The third-order valence-corrected chi connectivity index (χ3v) is 12.1. The molecule has 1 amide bonds. The summed E-state index contributed by atoms with van der Waals surface area (Å²) in [7, 11) is 0. The molecule has 370 valence electrons. The van der Waals surface area contributed by atoms with Crippen LogP contribution < -0.4 is 5.32 Å². The lowest BCUT2D eigenvalue weighted by Gasteiger charge is -2.24. The number of esters is 1. The van der Waals surface area contributed by atoms with Crippen LogP contribution in [0.5, 0.6) is 0 Å². The lowest BCUT2D eigenvalue weighted by Crippen LogP contribution is -2.46. The number of aliphatic hydroxyl groups excluding tert-OH is 2. The van der Waals surface area contributed by atoms with E-state index >= 15 is 0 Å². The van der Waals surface area contributed by atoms with Gasteiger partial charge in [0.05, 0.1) is 25.2 Å². The van der Waals surface area contributed by atoms with E-state index in [9.17, 15) is 19.8 Å². The highest BCUT2D eigenvalue weighted by atomic mass is 16.5. The smallest absolute Gasteiger partial charge is 0.306 e. The van der Waals surface area contributed by atoms with Gasteiger partial charge in [-0.2, -0.15) is 0 Å². The largest absolute Gasteiger partial charge is 0.462 e. The summed E-state index contributed by atoms with van der Waals surface area (Å²) in [6, 6.07) is -0.724. The molecule has 0 fully saturated rings. The zero-order chi connectivity index (χ0) is 46.7. The molecule has 3 unspecified atom stereocenters. The Labute approximate surface area is 396 Å². The number of aliphatic hydroxyl groups is 2. The Morgan fingerprint density at radius 1 is 0.469 bits per heavy atom. The van der Waals surface area contributed by atoms with Crippen molar-refractivity contribution in [2.24, 2.45) is 0 Å². The Balaban J connectivity index is 4.65. The van der Waals surface area contributed by atoms with Crippen molar-refractivity contribution in [1.82, 2.24) is 5.32 Å². The van der Waals surface area contributed by atoms with Gasteiger partial charge in [-0.25, -0.2) is 0 Å². The van der Waals surface area contributed by atoms with Crippen LogP contribution in [0.2, 0.25) is 0 Å². The van der Waals surface area contributed by atoms with Gasteiger partial charge in [-0.3, -0.25) is 9.59 Å². The van der Waals surface area contributed by atoms with Crippen LogP contribution in [0, 0.1) is 0 Å². The lowest BCUT2D eigenvalue weighted by molar-refractivity contribution is -0.151. The number of unbranched alkanes of at least 4 members (excludes halogenated alkanes) is 28. The highest BCUT2D eigenvalue weighted by Crippen LogP contribution is 2.18. The molecule has 0 aromatic heterocycles. The molecule has 0 aliphatic heterocycles. The van der Waals surface area contributed by atoms with E-state index in [2.05, 4.69) is 44.3 Å². The second kappa shape index (κ2) is 51.3. The van der Waals surface area contributed by atoms with Crippen molar-refractivity contribution in [3.8, 4) is 0 Å². The van der Waals surface area contributed by atoms with Crippen molar-refractivity contribution >= 4 is 11.9 Å². The van der Waals surface area contributed by atoms with Crippen molar-refractivity contribution in [1.29, 1.82) is 0 Å². The van der Waals surface area contributed by atoms with E-state index in [4.69, 9.17) is 4.74 Å². The molecule has 6 nitrogen and oxygen atoms in total. The quantitative estimate of drug-likeness (QED) is 0.0245. The zero-order valence-corrected chi connectivity index (χ0v) is 42.1. The van der Waals surface area contributed by atoms with E-state index in [1.165, 1.54) is 141 Å². The molecule has 0 aliphatic carbocycles. The van der Waals surface area contributed by atoms with Gasteiger partial charge in [0.25, 0.3) is 0 Å². The lowest BCUT2D eigenvalue weighted by atomic mass is 10.0. The molecule has 3 N–H and O–H groups in total. The van der Waals surface area contributed by atoms with Gasteiger partial charge in [0, 0.05) is 6.42 Å². The summed E-state index contributed by atoms with van der Waals surface area (Å²) in [4.78, 5) is 26.1. The number of rotatable bonds is 48. The number of hydrogen-bond acceptors (Lipinski definition) is 5. The van der Waals surface area contributed by atoms with Crippen molar-refractivity contribution in [3.63, 3.8) is 0 Å². The first-order valence-electron chi connectivity index (χ1n) is 27.2. The van der Waals surface area contributed by atoms with Crippen LogP contribution in [0.3, 0.4) is 0 Å². The molecule has 0 radical (unpaired) electrons. The van der Waals surface area contributed by atoms with E-state index in [1.54, 1.807) is 0 Å². The molecule has 0 saturated heterocycles. The molecule has 0 aromatic carbocycles. The van der Waals surface area contributed by atoms with Crippen LogP contribution >= 0.6 is 0 Å². The zero-order valence-electron chi connectivity index (χ0n) is 42.1. The summed E-state index contributed by atoms with van der Waals surface area (Å²) in [6.07, 6.45) is 65.4. The second-order valence-corrected chi connectivity index (χ2v) is 18.4. The summed E-state index contributed by atoms with van der Waals surface area (Å²) in [5, 5.41) is 23.8. The van der Waals surface area contributed by atoms with Crippen LogP contribution in [0.4, 0.5) is 0 Å². The molecule has 0 aliphatic rings. The van der Waals surface area contributed by atoms with Crippen LogP contribution in [0.1, 0.15) is 258 Å². The molecule has 0 aromatic rings. The first-order chi connectivity index (χ1) is 31.5. The Kier molecular flexibility index (Phi) is 49.1. The van der Waals surface area contributed by atoms with Crippen LogP contribution in [-0.2, 0) is 14.3 Å². The minimum absolute atomic E-state index is 0.0367. The summed E-state index contributed by atoms with van der Waals surface area (Å²) in [5.74, 6) is -0.575. The summed E-state index contributed by atoms with van der Waals surface area (Å²) >= 11 is 0. The van der Waals surface area contributed by atoms with Crippen molar-refractivity contribution in [3.05, 3.63) is 72.9 Å². The van der Waals surface area contributed by atoms with Gasteiger partial charge < -0.3 is 20.3 Å². The van der Waals surface area contributed by atoms with E-state index < -0.39 is 18.2 Å². The Morgan fingerprint density at radius 3 is 1.33 bits per heavy atom. The maximum atomic E-state index is 13.2. The average molecular weight is 894 g/mol. The monoisotopic (exact) mass is 894 g/mol. The minimum atomic E-state index is -0.807. The van der Waals surface area contributed by atoms with Gasteiger partial charge in [-0.1, -0.05) is 254 Å². The van der Waals surface area contributed by atoms with Crippen molar-refractivity contribution in [2.45, 2.75) is 277 Å². The molecule has 0 spiro atoms. The maximum Gasteiger partial charge on any atom is 0.306 e. The third kappa shape index (κ3) is 45.9. The Morgan fingerprint density at radius 2 is 0.859 bits per heavy atom. The van der Waals surface area contributed by atoms with Gasteiger partial charge in [0.1, 0.15) is 6.10 Å². The molecule has 0 rings (SSSR count). The Hall–Kier alpha value is -2.70. The predicted molar refractivity (Wildman–Crippen MR) is 278 cm³/mol. The second-order valence-electron chi connectivity index (χ2n) is 18.4. The summed E-state index contributed by atoms with van der Waals surface area (Å²) in [5.41, 5.74) is 0. The van der Waals surface area contributed by atoms with Crippen LogP contribution in [-0.4, -0.2) is 46.9 Å². The number of hydrogen-bond donors (Lipinski definition) is 3. The highest BCUT2D eigenvalue weighted by Gasteiger charge is 2.24. The highest BCUT2D eigenvalue weighted by molar-refractivity contribution is 5.77. The molecule has 3 atom stereocenters. The molecule has 0 saturated carbocycles. The topological polar surface area (TPSA) is 95.9 Å². The maximum absolute atomic E-state index is 13.2. The number of nitrogens with one attached hydrogen (secondary N) is 1. The third-order valence-electron chi connectivity index (χ3n) is 12.1. The van der Waals surface area contributed by atoms with Crippen molar-refractivity contribution < 1.29 is 24.5 Å². The predicted octanol–water partition coefficient (Wildman–Crippen LogP) is 16.6. The molecule has 0 bridgehead atoms. The van der Waals surface area contributed by atoms with Gasteiger partial charge in [0.2, 0.25) is 5.91 Å². The van der Waals surface area contributed by atoms with Crippen LogP contribution in [0.15, 0.2) is 72.9 Å². The fourth-order valence-electron chi connectivity index (χ4n) is 8.04. The SMILES string of the molecule is CC/C=C/C=C/C=C\C=C/C=C/CCCC(=O)OC(CCCCC/C=C/CCCCCCCCCCC)CC(=O)NC(CO)C(O)CCCCCCCCCCCCCCCCCC. The fraction of sp³-hybridized carbons (Fsp3) is 0.759. The van der Waals surface area contributed by atoms with Gasteiger partial charge in [-0.15, -0.1) is 0 Å². The molecule has 64 heavy (non-hydrogen) atoms. The molecular formula is C58H103NO5. The average Bonchev–Trinajstić information content (AvgIpc) is 3.29. The summed E-state index contributed by atoms with van der Waals surface area (Å²) in [6.45, 7) is 6.33. The number of carbonyl (C=O) groups is 2. The summed E-state index contributed by atoms with van der Waals surface area (Å²) < 4.78 is 5.89. The Bertz CT molecular complexity index is 1190. The van der Waals surface area contributed by atoms with E-state index in [1.807, 2.05) is 54.7 Å². The van der Waals surface area contributed by atoms with Gasteiger partial charge in [-0.05, 0) is 64.2 Å². The first-order valence-corrected chi connectivity index (χ1v) is 27.2. The number of amides is 1.